The van der Waals surface area contributed by atoms with Gasteiger partial charge in [0, 0.05) is 11.8 Å². The van der Waals surface area contributed by atoms with Crippen molar-refractivity contribution < 1.29 is 0 Å². The molecule has 0 unspecified atom stereocenters. The maximum absolute atomic E-state index is 12.2. The van der Waals surface area contributed by atoms with Gasteiger partial charge in [0.25, 0.3) is 5.56 Å². The Kier molecular flexibility index (Phi) is 3.48. The van der Waals surface area contributed by atoms with Gasteiger partial charge < -0.3 is 9.97 Å². The number of benzene rings is 2. The molecule has 0 bridgehead atoms. The van der Waals surface area contributed by atoms with E-state index in [1.54, 1.807) is 12.3 Å². The molecule has 0 aliphatic rings. The summed E-state index contributed by atoms with van der Waals surface area (Å²) in [7, 11) is 0. The molecule has 2 aromatic carbocycles. The first-order chi connectivity index (χ1) is 12.2. The first kappa shape index (κ1) is 15.0. The Bertz CT molecular complexity index is 1160. The van der Waals surface area contributed by atoms with Crippen molar-refractivity contribution in [3.8, 4) is 28.3 Å². The van der Waals surface area contributed by atoms with Gasteiger partial charge in [-0.25, -0.2) is 0 Å². The molecule has 4 rings (SSSR count). The van der Waals surface area contributed by atoms with E-state index in [1.807, 2.05) is 30.3 Å². The number of aryl methyl sites for hydroxylation is 1. The first-order valence-corrected chi connectivity index (χ1v) is 7.98. The van der Waals surface area contributed by atoms with Crippen LogP contribution in [-0.4, -0.2) is 9.97 Å². The molecule has 2 N–H and O–H groups in total. The van der Waals surface area contributed by atoms with E-state index in [9.17, 15) is 10.1 Å². The molecule has 0 radical (unpaired) electrons. The summed E-state index contributed by atoms with van der Waals surface area (Å²) in [4.78, 5) is 18.0. The number of fused-ring (bicyclic) bond motifs is 1. The van der Waals surface area contributed by atoms with Crippen molar-refractivity contribution in [2.24, 2.45) is 0 Å². The topological polar surface area (TPSA) is 72.4 Å². The van der Waals surface area contributed by atoms with Gasteiger partial charge in [-0.2, -0.15) is 5.26 Å². The Morgan fingerprint density at radius 1 is 0.880 bits per heavy atom. The molecular formula is C21H15N3O. The number of hydrogen-bond donors (Lipinski definition) is 2. The van der Waals surface area contributed by atoms with Crippen molar-refractivity contribution in [2.75, 3.05) is 0 Å². The van der Waals surface area contributed by atoms with Crippen LogP contribution in [0.1, 0.15) is 11.1 Å². The molecule has 120 valence electrons. The number of pyridine rings is 1. The average Bonchev–Trinajstić information content (AvgIpc) is 3.09. The van der Waals surface area contributed by atoms with Crippen molar-refractivity contribution >= 4 is 11.0 Å². The molecular weight excluding hydrogens is 310 g/mol. The van der Waals surface area contributed by atoms with Gasteiger partial charge in [0.05, 0.1) is 11.0 Å². The fourth-order valence-corrected chi connectivity index (χ4v) is 3.07. The van der Waals surface area contributed by atoms with Crippen LogP contribution in [0.25, 0.3) is 33.3 Å². The third-order valence-electron chi connectivity index (χ3n) is 4.39. The highest BCUT2D eigenvalue weighted by Gasteiger charge is 2.15. The zero-order chi connectivity index (χ0) is 17.4. The number of aromatic amines is 2. The average molecular weight is 325 g/mol. The maximum Gasteiger partial charge on any atom is 0.267 e. The second kappa shape index (κ2) is 5.81. The summed E-state index contributed by atoms with van der Waals surface area (Å²) < 4.78 is 0. The van der Waals surface area contributed by atoms with Crippen molar-refractivity contribution in [3.05, 3.63) is 82.3 Å². The van der Waals surface area contributed by atoms with Crippen molar-refractivity contribution in [2.45, 2.75) is 6.92 Å². The predicted molar refractivity (Wildman–Crippen MR) is 99.2 cm³/mol. The van der Waals surface area contributed by atoms with Crippen LogP contribution in [0.5, 0.6) is 0 Å². The fraction of sp³-hybridized carbons (Fsp3) is 0.0476. The smallest absolute Gasteiger partial charge is 0.267 e. The molecule has 25 heavy (non-hydrogen) atoms. The van der Waals surface area contributed by atoms with Gasteiger partial charge in [0.15, 0.2) is 0 Å². The van der Waals surface area contributed by atoms with Gasteiger partial charge in [0.1, 0.15) is 11.6 Å². The van der Waals surface area contributed by atoms with Crippen molar-refractivity contribution in [1.29, 1.82) is 5.26 Å². The van der Waals surface area contributed by atoms with Crippen LogP contribution in [0.15, 0.2) is 65.6 Å². The quantitative estimate of drug-likeness (QED) is 0.574. The zero-order valence-corrected chi connectivity index (χ0v) is 13.6. The van der Waals surface area contributed by atoms with Crippen LogP contribution in [0.3, 0.4) is 0 Å². The van der Waals surface area contributed by atoms with Crippen molar-refractivity contribution in [1.82, 2.24) is 9.97 Å². The van der Waals surface area contributed by atoms with E-state index < -0.39 is 0 Å². The second-order valence-corrected chi connectivity index (χ2v) is 6.03. The Labute approximate surface area is 144 Å². The SMILES string of the molecule is Cc1ccc(-c2ccc(-c3c(C#N)c(=O)[nH]c4cc[nH]c34)cc2)cc1. The van der Waals surface area contributed by atoms with E-state index in [0.29, 0.717) is 11.1 Å². The van der Waals surface area contributed by atoms with Crippen LogP contribution < -0.4 is 5.56 Å². The third kappa shape index (κ3) is 2.52. The molecule has 0 saturated carbocycles. The number of aromatic nitrogens is 2. The van der Waals surface area contributed by atoms with E-state index >= 15 is 0 Å². The Hall–Kier alpha value is -3.58. The molecule has 0 amide bonds. The number of nitrogens with zero attached hydrogens (tertiary/aromatic N) is 1. The van der Waals surface area contributed by atoms with Gasteiger partial charge in [-0.1, -0.05) is 54.1 Å². The van der Waals surface area contributed by atoms with Crippen LogP contribution in [0, 0.1) is 18.3 Å². The minimum atomic E-state index is -0.368. The van der Waals surface area contributed by atoms with Gasteiger partial charge in [-0.15, -0.1) is 0 Å². The third-order valence-corrected chi connectivity index (χ3v) is 4.39. The summed E-state index contributed by atoms with van der Waals surface area (Å²) >= 11 is 0. The van der Waals surface area contributed by atoms with E-state index in [4.69, 9.17) is 0 Å². The van der Waals surface area contributed by atoms with Gasteiger partial charge in [-0.3, -0.25) is 4.79 Å². The lowest BCUT2D eigenvalue weighted by Gasteiger charge is -2.08. The minimum absolute atomic E-state index is 0.123. The summed E-state index contributed by atoms with van der Waals surface area (Å²) in [6.45, 7) is 2.06. The zero-order valence-electron chi connectivity index (χ0n) is 13.6. The molecule has 4 aromatic rings. The standard InChI is InChI=1S/C21H15N3O/c1-13-2-4-14(5-3-13)15-6-8-16(9-7-15)19-17(12-22)21(25)24-18-10-11-23-20(18)19/h2-11,23H,1H3,(H,24,25). The van der Waals surface area contributed by atoms with Crippen LogP contribution >= 0.6 is 0 Å². The summed E-state index contributed by atoms with van der Waals surface area (Å²) in [6, 6.07) is 20.1. The lowest BCUT2D eigenvalue weighted by Crippen LogP contribution is -2.11. The highest BCUT2D eigenvalue weighted by atomic mass is 16.1. The normalized spacial score (nSPS) is 10.7. The van der Waals surface area contributed by atoms with Gasteiger partial charge >= 0.3 is 0 Å². The highest BCUT2D eigenvalue weighted by Crippen LogP contribution is 2.30. The van der Waals surface area contributed by atoms with Crippen LogP contribution in [-0.2, 0) is 0 Å². The van der Waals surface area contributed by atoms with E-state index in [0.717, 1.165) is 22.2 Å². The molecule has 0 spiro atoms. The number of nitrogens with one attached hydrogen (secondary N) is 2. The molecule has 2 aromatic heterocycles. The number of rotatable bonds is 2. The number of nitriles is 1. The summed E-state index contributed by atoms with van der Waals surface area (Å²) in [5.41, 5.74) is 6.14. The van der Waals surface area contributed by atoms with E-state index in [2.05, 4.69) is 41.2 Å². The van der Waals surface area contributed by atoms with Gasteiger partial charge in [-0.05, 0) is 29.7 Å². The Morgan fingerprint density at radius 2 is 1.48 bits per heavy atom. The largest absolute Gasteiger partial charge is 0.359 e. The van der Waals surface area contributed by atoms with Crippen LogP contribution in [0.4, 0.5) is 0 Å². The van der Waals surface area contributed by atoms with Crippen molar-refractivity contribution in [3.63, 3.8) is 0 Å². The van der Waals surface area contributed by atoms with E-state index in [1.165, 1.54) is 5.56 Å². The number of H-pyrrole nitrogens is 2. The summed E-state index contributed by atoms with van der Waals surface area (Å²) in [6.07, 6.45) is 1.76. The van der Waals surface area contributed by atoms with E-state index in [-0.39, 0.29) is 11.1 Å². The second-order valence-electron chi connectivity index (χ2n) is 6.03. The molecule has 0 aliphatic carbocycles. The first-order valence-electron chi connectivity index (χ1n) is 7.98. The lowest BCUT2D eigenvalue weighted by atomic mass is 9.97. The molecule has 0 atom stereocenters. The summed E-state index contributed by atoms with van der Waals surface area (Å²) in [5.74, 6) is 0. The monoisotopic (exact) mass is 325 g/mol. The highest BCUT2D eigenvalue weighted by molar-refractivity contribution is 5.94. The fourth-order valence-electron chi connectivity index (χ4n) is 3.07. The Balaban J connectivity index is 1.87. The molecule has 0 saturated heterocycles. The Morgan fingerprint density at radius 3 is 2.12 bits per heavy atom. The molecule has 2 heterocycles. The van der Waals surface area contributed by atoms with Gasteiger partial charge in [0.2, 0.25) is 0 Å². The maximum atomic E-state index is 12.2. The molecule has 0 fully saturated rings. The molecule has 4 nitrogen and oxygen atoms in total. The minimum Gasteiger partial charge on any atom is -0.359 e. The van der Waals surface area contributed by atoms with Crippen LogP contribution in [0.2, 0.25) is 0 Å². The lowest BCUT2D eigenvalue weighted by molar-refractivity contribution is 1.27. The molecule has 0 aliphatic heterocycles. The summed E-state index contributed by atoms with van der Waals surface area (Å²) in [5, 5.41) is 9.43. The number of hydrogen-bond acceptors (Lipinski definition) is 2. The molecule has 4 heteroatoms. The predicted octanol–water partition coefficient (Wildman–Crippen LogP) is 4.37.